The molecule has 4 amide bonds. The van der Waals surface area contributed by atoms with Gasteiger partial charge in [-0.15, -0.1) is 0 Å². The zero-order valence-electron chi connectivity index (χ0n) is 25.6. The second kappa shape index (κ2) is 17.9. The summed E-state index contributed by atoms with van der Waals surface area (Å²) in [7, 11) is 1.56. The topological polar surface area (TPSA) is 229 Å². The van der Waals surface area contributed by atoms with Crippen LogP contribution in [0.25, 0.3) is 0 Å². The van der Waals surface area contributed by atoms with Crippen molar-refractivity contribution in [3.63, 3.8) is 0 Å². The van der Waals surface area contributed by atoms with E-state index in [1.165, 1.54) is 6.92 Å². The molecule has 0 aliphatic rings. The summed E-state index contributed by atoms with van der Waals surface area (Å²) in [6.07, 6.45) is -1.87. The summed E-state index contributed by atoms with van der Waals surface area (Å²) in [6, 6.07) is 2.53. The number of aliphatic hydroxyl groups excluding tert-OH is 1. The molecule has 0 bridgehead atoms. The monoisotopic (exact) mass is 606 g/mol. The summed E-state index contributed by atoms with van der Waals surface area (Å²) in [6.45, 7) is 8.17. The first-order valence-electron chi connectivity index (χ1n) is 14.2. The summed E-state index contributed by atoms with van der Waals surface area (Å²) in [5.74, 6) is -4.71. The molecule has 0 fully saturated rings. The summed E-state index contributed by atoms with van der Waals surface area (Å²) in [4.78, 5) is 74.4. The van der Waals surface area contributed by atoms with Gasteiger partial charge in [0.05, 0.1) is 37.1 Å². The van der Waals surface area contributed by atoms with Crippen LogP contribution in [-0.2, 0) is 41.7 Å². The average molecular weight is 607 g/mol. The first-order chi connectivity index (χ1) is 20.1. The van der Waals surface area contributed by atoms with E-state index < -0.39 is 72.2 Å². The zero-order valence-corrected chi connectivity index (χ0v) is 25.6. The summed E-state index contributed by atoms with van der Waals surface area (Å²) >= 11 is 0. The number of amides is 4. The highest BCUT2D eigenvalue weighted by molar-refractivity contribution is 5.96. The van der Waals surface area contributed by atoms with Crippen molar-refractivity contribution in [2.45, 2.75) is 96.7 Å². The first kappa shape index (κ1) is 37.1. The molecule has 1 aromatic rings. The van der Waals surface area contributed by atoms with Gasteiger partial charge in [0.15, 0.2) is 5.78 Å². The lowest BCUT2D eigenvalue weighted by Crippen LogP contribution is -2.55. The smallest absolute Gasteiger partial charge is 0.305 e. The summed E-state index contributed by atoms with van der Waals surface area (Å²) < 4.78 is 0. The summed E-state index contributed by atoms with van der Waals surface area (Å²) in [5, 5.41) is 32.4. The highest BCUT2D eigenvalue weighted by Gasteiger charge is 2.31. The van der Waals surface area contributed by atoms with Crippen LogP contribution in [0.4, 0.5) is 0 Å². The van der Waals surface area contributed by atoms with Crippen molar-refractivity contribution in [3.05, 3.63) is 35.4 Å². The van der Waals surface area contributed by atoms with Gasteiger partial charge in [-0.25, -0.2) is 0 Å². The number of hydrogen-bond donors (Lipinski definition) is 8. The van der Waals surface area contributed by atoms with E-state index >= 15 is 0 Å². The minimum absolute atomic E-state index is 0.0533. The molecule has 0 radical (unpaired) electrons. The van der Waals surface area contributed by atoms with Crippen molar-refractivity contribution in [2.75, 3.05) is 7.05 Å². The lowest BCUT2D eigenvalue weighted by atomic mass is 9.97. The molecule has 1 aromatic carbocycles. The molecule has 9 N–H and O–H groups in total. The van der Waals surface area contributed by atoms with Crippen LogP contribution in [0, 0.1) is 5.92 Å². The van der Waals surface area contributed by atoms with Crippen LogP contribution in [0.1, 0.15) is 58.6 Å². The molecule has 0 unspecified atom stereocenters. The van der Waals surface area contributed by atoms with Gasteiger partial charge >= 0.3 is 5.97 Å². The standard InChI is InChI=1S/C29H46N6O8/c1-15(2)26(40)20(34-29(43)22(13-24(38)39)33-16(3)4)12-23(37)32-14-19-10-8-7-9-18(19)11-21(31-6)28(42)35-25(17(5)36)27(30)41/h7-10,15-17,20-22,25,31,33,36H,11-14H2,1-6H3,(H2,30,41)(H,32,37)(H,34,43)(H,35,42)(H,38,39)/t17-,20+,21+,22+,25+/m1/s1. The predicted molar refractivity (Wildman–Crippen MR) is 158 cm³/mol. The lowest BCUT2D eigenvalue weighted by Gasteiger charge is -2.24. The maximum atomic E-state index is 12.9. The number of carbonyl (C=O) groups is 6. The Balaban J connectivity index is 2.99. The van der Waals surface area contributed by atoms with Crippen LogP contribution in [0.5, 0.6) is 0 Å². The van der Waals surface area contributed by atoms with Crippen LogP contribution in [0.2, 0.25) is 0 Å². The number of hydrogen-bond acceptors (Lipinski definition) is 9. The van der Waals surface area contributed by atoms with Crippen LogP contribution in [-0.4, -0.2) is 89.0 Å². The molecule has 0 aliphatic heterocycles. The highest BCUT2D eigenvalue weighted by Crippen LogP contribution is 2.13. The molecule has 0 saturated carbocycles. The number of aliphatic hydroxyl groups is 1. The Labute approximate surface area is 251 Å². The Morgan fingerprint density at radius 3 is 1.91 bits per heavy atom. The van der Waals surface area contributed by atoms with Gasteiger partial charge < -0.3 is 42.5 Å². The molecule has 240 valence electrons. The van der Waals surface area contributed by atoms with E-state index in [1.807, 2.05) is 0 Å². The van der Waals surface area contributed by atoms with Crippen molar-refractivity contribution in [1.29, 1.82) is 0 Å². The molecule has 1 rings (SSSR count). The van der Waals surface area contributed by atoms with Crippen LogP contribution >= 0.6 is 0 Å². The lowest BCUT2D eigenvalue weighted by molar-refractivity contribution is -0.140. The first-order valence-corrected chi connectivity index (χ1v) is 14.2. The van der Waals surface area contributed by atoms with E-state index in [0.717, 1.165) is 0 Å². The molecule has 14 heteroatoms. The number of ketones is 1. The summed E-state index contributed by atoms with van der Waals surface area (Å²) in [5.41, 5.74) is 6.67. The highest BCUT2D eigenvalue weighted by atomic mass is 16.4. The zero-order chi connectivity index (χ0) is 32.9. The number of Topliss-reactive ketones (excluding diaryl/α,β-unsaturated/α-hetero) is 1. The van der Waals surface area contributed by atoms with Crippen molar-refractivity contribution in [3.8, 4) is 0 Å². The third-order valence-corrected chi connectivity index (χ3v) is 6.62. The van der Waals surface area contributed by atoms with E-state index in [4.69, 9.17) is 5.73 Å². The molecule has 0 heterocycles. The fourth-order valence-electron chi connectivity index (χ4n) is 4.31. The molecule has 0 spiro atoms. The van der Waals surface area contributed by atoms with Gasteiger partial charge in [-0.1, -0.05) is 52.0 Å². The van der Waals surface area contributed by atoms with Gasteiger partial charge in [0.25, 0.3) is 0 Å². The van der Waals surface area contributed by atoms with Crippen LogP contribution in [0.15, 0.2) is 24.3 Å². The number of nitrogens with two attached hydrogens (primary N) is 1. The quantitative estimate of drug-likeness (QED) is 0.0930. The van der Waals surface area contributed by atoms with Crippen LogP contribution < -0.4 is 32.3 Å². The fraction of sp³-hybridized carbons (Fsp3) is 0.586. The van der Waals surface area contributed by atoms with E-state index in [9.17, 15) is 39.0 Å². The van der Waals surface area contributed by atoms with Gasteiger partial charge in [0, 0.05) is 18.5 Å². The van der Waals surface area contributed by atoms with Crippen molar-refractivity contribution < 1.29 is 39.0 Å². The van der Waals surface area contributed by atoms with Crippen molar-refractivity contribution >= 4 is 35.4 Å². The average Bonchev–Trinajstić information content (AvgIpc) is 2.91. The Hall–Kier alpha value is -3.88. The Morgan fingerprint density at radius 2 is 1.42 bits per heavy atom. The maximum absolute atomic E-state index is 12.9. The Morgan fingerprint density at radius 1 is 0.837 bits per heavy atom. The number of rotatable bonds is 19. The molecule has 43 heavy (non-hydrogen) atoms. The minimum Gasteiger partial charge on any atom is -0.481 e. The number of carbonyl (C=O) groups excluding carboxylic acids is 5. The maximum Gasteiger partial charge on any atom is 0.305 e. The number of benzene rings is 1. The molecular weight excluding hydrogens is 560 g/mol. The van der Waals surface area contributed by atoms with Crippen molar-refractivity contribution in [1.82, 2.24) is 26.6 Å². The molecule has 0 aliphatic carbocycles. The van der Waals surface area contributed by atoms with E-state index in [2.05, 4.69) is 26.6 Å². The van der Waals surface area contributed by atoms with Gasteiger partial charge in [0.2, 0.25) is 23.6 Å². The fourth-order valence-corrected chi connectivity index (χ4v) is 4.31. The SMILES string of the molecule is CN[C@@H](Cc1ccccc1CNC(=O)C[C@H](NC(=O)[C@H](CC(=O)O)NC(C)C)C(=O)C(C)C)C(=O)N[C@H](C(N)=O)[C@@H](C)O. The number of aliphatic carboxylic acids is 1. The van der Waals surface area contributed by atoms with Gasteiger partial charge in [-0.3, -0.25) is 28.8 Å². The largest absolute Gasteiger partial charge is 0.481 e. The minimum atomic E-state index is -1.26. The second-order valence-corrected chi connectivity index (χ2v) is 11.0. The third-order valence-electron chi connectivity index (χ3n) is 6.62. The number of likely N-dealkylation sites (N-methyl/N-ethyl adjacent to an activating group) is 1. The van der Waals surface area contributed by atoms with Crippen LogP contribution in [0.3, 0.4) is 0 Å². The van der Waals surface area contributed by atoms with Gasteiger partial charge in [-0.05, 0) is 31.5 Å². The Bertz CT molecular complexity index is 1140. The molecule has 0 aromatic heterocycles. The molecular formula is C29H46N6O8. The number of primary amides is 1. The molecule has 14 nitrogen and oxygen atoms in total. The second-order valence-electron chi connectivity index (χ2n) is 11.0. The molecule has 5 atom stereocenters. The third kappa shape index (κ3) is 12.9. The van der Waals surface area contributed by atoms with E-state index in [0.29, 0.717) is 11.1 Å². The molecule has 0 saturated heterocycles. The van der Waals surface area contributed by atoms with E-state index in [1.54, 1.807) is 59.0 Å². The van der Waals surface area contributed by atoms with E-state index in [-0.39, 0.29) is 31.2 Å². The van der Waals surface area contributed by atoms with Gasteiger partial charge in [-0.2, -0.15) is 0 Å². The number of carboxylic acid groups (broad SMARTS) is 1. The Kier molecular flexibility index (Phi) is 15.5. The number of carboxylic acids is 1. The normalized spacial score (nSPS) is 14.7. The predicted octanol–water partition coefficient (Wildman–Crippen LogP) is -1.27. The number of nitrogens with one attached hydrogen (secondary N) is 5. The van der Waals surface area contributed by atoms with Crippen molar-refractivity contribution in [2.24, 2.45) is 11.7 Å². The van der Waals surface area contributed by atoms with Gasteiger partial charge in [0.1, 0.15) is 6.04 Å².